The van der Waals surface area contributed by atoms with Gasteiger partial charge in [-0.25, -0.2) is 4.79 Å². The zero-order valence-corrected chi connectivity index (χ0v) is 20.4. The van der Waals surface area contributed by atoms with Gasteiger partial charge in [-0.2, -0.15) is 0 Å². The molecule has 7 atom stereocenters. The van der Waals surface area contributed by atoms with Crippen LogP contribution in [0.4, 0.5) is 0 Å². The van der Waals surface area contributed by atoms with Gasteiger partial charge in [-0.05, 0) is 17.8 Å². The maximum absolute atomic E-state index is 13.1. The molecule has 0 saturated heterocycles. The lowest BCUT2D eigenvalue weighted by Gasteiger charge is -2.30. The summed E-state index contributed by atoms with van der Waals surface area (Å²) in [5, 5.41) is 25.6. The van der Waals surface area contributed by atoms with E-state index < -0.39 is 60.2 Å². The van der Waals surface area contributed by atoms with Gasteiger partial charge in [0.15, 0.2) is 0 Å². The van der Waals surface area contributed by atoms with E-state index in [-0.39, 0.29) is 17.8 Å². The number of carbonyl (C=O) groups is 5. The van der Waals surface area contributed by atoms with Crippen molar-refractivity contribution in [2.45, 2.75) is 91.4 Å². The van der Waals surface area contributed by atoms with Crippen molar-refractivity contribution in [1.82, 2.24) is 16.0 Å². The summed E-state index contributed by atoms with van der Waals surface area (Å²) >= 11 is 0. The molecular weight excluding hydrogens is 432 g/mol. The highest BCUT2D eigenvalue weighted by Gasteiger charge is 2.35. The van der Waals surface area contributed by atoms with Gasteiger partial charge in [-0.1, -0.05) is 60.8 Å². The molecule has 0 bridgehead atoms. The lowest BCUT2D eigenvalue weighted by molar-refractivity contribution is -0.147. The van der Waals surface area contributed by atoms with E-state index in [0.29, 0.717) is 19.3 Å². The summed E-state index contributed by atoms with van der Waals surface area (Å²) in [6.45, 7) is 10.9. The third-order valence-electron chi connectivity index (χ3n) is 6.14. The maximum atomic E-state index is 13.1. The second kappa shape index (κ2) is 14.5. The van der Waals surface area contributed by atoms with Crippen LogP contribution in [0.15, 0.2) is 0 Å². The highest BCUT2D eigenvalue weighted by Crippen LogP contribution is 2.14. The predicted octanol–water partition coefficient (Wildman–Crippen LogP) is 0.466. The number of amides is 3. The molecule has 0 heterocycles. The Hall–Kier alpha value is -2.69. The van der Waals surface area contributed by atoms with Crippen LogP contribution in [0.2, 0.25) is 0 Å². The minimum absolute atomic E-state index is 0.0912. The Balaban J connectivity index is 5.67. The van der Waals surface area contributed by atoms with Crippen molar-refractivity contribution < 1.29 is 34.2 Å². The van der Waals surface area contributed by atoms with Crippen LogP contribution in [0, 0.1) is 17.8 Å². The van der Waals surface area contributed by atoms with E-state index in [9.17, 15) is 29.1 Å². The number of carboxylic acids is 2. The number of carboxylic acid groups (broad SMARTS) is 2. The van der Waals surface area contributed by atoms with E-state index in [1.807, 2.05) is 20.8 Å². The van der Waals surface area contributed by atoms with E-state index in [2.05, 4.69) is 16.0 Å². The molecule has 0 aromatic carbocycles. The van der Waals surface area contributed by atoms with Gasteiger partial charge < -0.3 is 31.9 Å². The molecule has 190 valence electrons. The van der Waals surface area contributed by atoms with Gasteiger partial charge in [-0.3, -0.25) is 19.2 Å². The summed E-state index contributed by atoms with van der Waals surface area (Å²) in [5.74, 6) is -5.50. The first-order chi connectivity index (χ1) is 15.3. The van der Waals surface area contributed by atoms with E-state index >= 15 is 0 Å². The second-order valence-corrected chi connectivity index (χ2v) is 8.65. The van der Waals surface area contributed by atoms with Gasteiger partial charge in [0, 0.05) is 0 Å². The van der Waals surface area contributed by atoms with E-state index in [0.717, 1.165) is 0 Å². The Morgan fingerprint density at radius 3 is 1.45 bits per heavy atom. The highest BCUT2D eigenvalue weighted by molar-refractivity contribution is 5.95. The lowest BCUT2D eigenvalue weighted by atomic mass is 9.93. The van der Waals surface area contributed by atoms with Crippen LogP contribution in [0.3, 0.4) is 0 Å². The molecule has 7 N–H and O–H groups in total. The summed E-state index contributed by atoms with van der Waals surface area (Å²) in [6, 6.07) is -4.51. The third kappa shape index (κ3) is 9.77. The van der Waals surface area contributed by atoms with Crippen LogP contribution in [-0.4, -0.2) is 64.0 Å². The SMILES string of the molecule is CCC(C)C(N)C(=O)NC(C(=O)NC(C(=O)NC(CC(=O)O)C(=O)O)C(C)CC)C(C)CC. The molecule has 33 heavy (non-hydrogen) atoms. The molecule has 0 aromatic rings. The smallest absolute Gasteiger partial charge is 0.326 e. The number of carbonyl (C=O) groups excluding carboxylic acids is 3. The van der Waals surface area contributed by atoms with Crippen molar-refractivity contribution in [3.8, 4) is 0 Å². The van der Waals surface area contributed by atoms with Gasteiger partial charge in [0.05, 0.1) is 12.5 Å². The Kier molecular flexibility index (Phi) is 13.3. The van der Waals surface area contributed by atoms with Gasteiger partial charge in [0.25, 0.3) is 0 Å². The lowest BCUT2D eigenvalue weighted by Crippen LogP contribution is -2.60. The monoisotopic (exact) mass is 472 g/mol. The molecule has 7 unspecified atom stereocenters. The van der Waals surface area contributed by atoms with E-state index in [4.69, 9.17) is 10.8 Å². The van der Waals surface area contributed by atoms with Crippen molar-refractivity contribution in [3.05, 3.63) is 0 Å². The number of hydrogen-bond acceptors (Lipinski definition) is 6. The van der Waals surface area contributed by atoms with Gasteiger partial charge in [-0.15, -0.1) is 0 Å². The molecule has 0 aromatic heterocycles. The Morgan fingerprint density at radius 2 is 1.09 bits per heavy atom. The van der Waals surface area contributed by atoms with Gasteiger partial charge >= 0.3 is 11.9 Å². The molecule has 3 amide bonds. The first kappa shape index (κ1) is 30.3. The summed E-state index contributed by atoms with van der Waals surface area (Å²) in [6.07, 6.45) is 0.929. The van der Waals surface area contributed by atoms with E-state index in [1.165, 1.54) is 0 Å². The molecule has 11 heteroatoms. The first-order valence-corrected chi connectivity index (χ1v) is 11.4. The molecule has 0 aliphatic carbocycles. The third-order valence-corrected chi connectivity index (χ3v) is 6.14. The predicted molar refractivity (Wildman–Crippen MR) is 122 cm³/mol. The number of rotatable bonds is 15. The quantitative estimate of drug-likeness (QED) is 0.198. The summed E-state index contributed by atoms with van der Waals surface area (Å²) in [7, 11) is 0. The topological polar surface area (TPSA) is 188 Å². The van der Waals surface area contributed by atoms with Crippen LogP contribution < -0.4 is 21.7 Å². The molecule has 0 radical (unpaired) electrons. The van der Waals surface area contributed by atoms with Crippen LogP contribution in [0.5, 0.6) is 0 Å². The van der Waals surface area contributed by atoms with Crippen LogP contribution in [-0.2, 0) is 24.0 Å². The van der Waals surface area contributed by atoms with Crippen molar-refractivity contribution >= 4 is 29.7 Å². The summed E-state index contributed by atoms with van der Waals surface area (Å²) in [4.78, 5) is 60.8. The highest BCUT2D eigenvalue weighted by atomic mass is 16.4. The van der Waals surface area contributed by atoms with E-state index in [1.54, 1.807) is 20.8 Å². The van der Waals surface area contributed by atoms with Crippen LogP contribution >= 0.6 is 0 Å². The minimum Gasteiger partial charge on any atom is -0.481 e. The molecule has 0 aliphatic heterocycles. The van der Waals surface area contributed by atoms with Crippen LogP contribution in [0.1, 0.15) is 67.2 Å². The van der Waals surface area contributed by atoms with Crippen molar-refractivity contribution in [1.29, 1.82) is 0 Å². The summed E-state index contributed by atoms with van der Waals surface area (Å²) in [5.41, 5.74) is 5.99. The molecule has 11 nitrogen and oxygen atoms in total. The maximum Gasteiger partial charge on any atom is 0.326 e. The fourth-order valence-corrected chi connectivity index (χ4v) is 3.04. The van der Waals surface area contributed by atoms with Gasteiger partial charge in [0.2, 0.25) is 17.7 Å². The molecule has 0 spiro atoms. The Labute approximate surface area is 195 Å². The zero-order valence-electron chi connectivity index (χ0n) is 20.4. The largest absolute Gasteiger partial charge is 0.481 e. The molecule has 0 saturated carbocycles. The molecule has 0 rings (SSSR count). The van der Waals surface area contributed by atoms with Crippen molar-refractivity contribution in [2.75, 3.05) is 0 Å². The number of aliphatic carboxylic acids is 2. The Morgan fingerprint density at radius 1 is 0.697 bits per heavy atom. The number of nitrogens with two attached hydrogens (primary N) is 1. The normalized spacial score (nSPS) is 17.4. The first-order valence-electron chi connectivity index (χ1n) is 11.4. The van der Waals surface area contributed by atoms with Crippen molar-refractivity contribution in [3.63, 3.8) is 0 Å². The molecular formula is C22H40N4O7. The van der Waals surface area contributed by atoms with Crippen molar-refractivity contribution in [2.24, 2.45) is 23.5 Å². The molecule has 0 aliphatic rings. The fourth-order valence-electron chi connectivity index (χ4n) is 3.04. The number of hydrogen-bond donors (Lipinski definition) is 6. The number of nitrogens with one attached hydrogen (secondary N) is 3. The zero-order chi connectivity index (χ0) is 25.9. The fraction of sp³-hybridized carbons (Fsp3) is 0.773. The molecule has 0 fully saturated rings. The van der Waals surface area contributed by atoms with Crippen LogP contribution in [0.25, 0.3) is 0 Å². The minimum atomic E-state index is -1.64. The average Bonchev–Trinajstić information content (AvgIpc) is 2.77. The second-order valence-electron chi connectivity index (χ2n) is 8.65. The Bertz CT molecular complexity index is 700. The average molecular weight is 473 g/mol. The standard InChI is InChI=1S/C22H40N4O7/c1-7-11(4)16(23)19(29)25-18(13(6)9-3)21(31)26-17(12(5)8-2)20(30)24-14(22(32)33)10-15(27)28/h11-14,16-18H,7-10,23H2,1-6H3,(H,24,30)(H,25,29)(H,26,31)(H,27,28)(H,32,33). The summed E-state index contributed by atoms with van der Waals surface area (Å²) < 4.78 is 0. The van der Waals surface area contributed by atoms with Gasteiger partial charge in [0.1, 0.15) is 18.1 Å².